The lowest BCUT2D eigenvalue weighted by atomic mass is 9.91. The van der Waals surface area contributed by atoms with Crippen molar-refractivity contribution in [2.24, 2.45) is 0 Å². The quantitative estimate of drug-likeness (QED) is 0.805. The zero-order valence-corrected chi connectivity index (χ0v) is 15.9. The molecule has 8 heteroatoms. The maximum atomic E-state index is 12.7. The molecule has 7 nitrogen and oxygen atoms in total. The molecule has 0 bridgehead atoms. The van der Waals surface area contributed by atoms with Gasteiger partial charge in [-0.25, -0.2) is 4.98 Å². The minimum Gasteiger partial charge on any atom is -0.493 e. The number of hydrogen-bond donors (Lipinski definition) is 2. The average molecular weight is 377 g/mol. The van der Waals surface area contributed by atoms with Crippen molar-refractivity contribution in [1.82, 2.24) is 10.3 Å². The van der Waals surface area contributed by atoms with Gasteiger partial charge in [0.05, 0.1) is 19.9 Å². The Morgan fingerprint density at radius 2 is 1.92 bits per heavy atom. The first-order valence-corrected chi connectivity index (χ1v) is 9.25. The van der Waals surface area contributed by atoms with Gasteiger partial charge in [0.2, 0.25) is 0 Å². The van der Waals surface area contributed by atoms with Crippen molar-refractivity contribution in [3.05, 3.63) is 23.6 Å². The standard InChI is InChI=1S/C18H23N3O4S/c1-23-14-5-4-12(10-15(14)24-2)13-11-26-17(20-13)21-16(22)18(25-3)6-8-19-9-7-18/h4-5,10-11,19H,6-9H2,1-3H3,(H,20,21,22). The van der Waals surface area contributed by atoms with E-state index in [9.17, 15) is 4.79 Å². The molecule has 2 aromatic rings. The van der Waals surface area contributed by atoms with Gasteiger partial charge >= 0.3 is 0 Å². The van der Waals surface area contributed by atoms with Crippen LogP contribution in [0.3, 0.4) is 0 Å². The highest BCUT2D eigenvalue weighted by atomic mass is 32.1. The van der Waals surface area contributed by atoms with Crippen molar-refractivity contribution in [3.63, 3.8) is 0 Å². The zero-order chi connectivity index (χ0) is 18.6. The van der Waals surface area contributed by atoms with Gasteiger partial charge in [0.25, 0.3) is 5.91 Å². The number of methoxy groups -OCH3 is 3. The first-order chi connectivity index (χ1) is 12.6. The summed E-state index contributed by atoms with van der Waals surface area (Å²) in [6.07, 6.45) is 1.28. The van der Waals surface area contributed by atoms with Gasteiger partial charge in [-0.15, -0.1) is 11.3 Å². The van der Waals surface area contributed by atoms with Gasteiger partial charge in [-0.1, -0.05) is 0 Å². The number of piperidine rings is 1. The number of carbonyl (C=O) groups excluding carboxylic acids is 1. The number of amides is 1. The van der Waals surface area contributed by atoms with Crippen molar-refractivity contribution in [3.8, 4) is 22.8 Å². The molecule has 1 aliphatic heterocycles. The first kappa shape index (κ1) is 18.6. The largest absolute Gasteiger partial charge is 0.493 e. The number of benzene rings is 1. The smallest absolute Gasteiger partial charge is 0.258 e. The van der Waals surface area contributed by atoms with Gasteiger partial charge in [-0.2, -0.15) is 0 Å². The van der Waals surface area contributed by atoms with Crippen molar-refractivity contribution < 1.29 is 19.0 Å². The fourth-order valence-electron chi connectivity index (χ4n) is 3.02. The summed E-state index contributed by atoms with van der Waals surface area (Å²) in [5.41, 5.74) is 0.867. The van der Waals surface area contributed by atoms with E-state index in [1.807, 2.05) is 23.6 Å². The van der Waals surface area contributed by atoms with Crippen LogP contribution < -0.4 is 20.1 Å². The van der Waals surface area contributed by atoms with Crippen molar-refractivity contribution in [2.45, 2.75) is 18.4 Å². The molecule has 0 atom stereocenters. The minimum absolute atomic E-state index is 0.144. The highest BCUT2D eigenvalue weighted by Crippen LogP contribution is 2.34. The van der Waals surface area contributed by atoms with Crippen LogP contribution in [-0.2, 0) is 9.53 Å². The number of aromatic nitrogens is 1. The summed E-state index contributed by atoms with van der Waals surface area (Å²) in [4.78, 5) is 17.2. The van der Waals surface area contributed by atoms with Crippen LogP contribution >= 0.6 is 11.3 Å². The molecule has 2 N–H and O–H groups in total. The molecule has 1 aliphatic rings. The van der Waals surface area contributed by atoms with Crippen LogP contribution in [0, 0.1) is 0 Å². The van der Waals surface area contributed by atoms with Gasteiger partial charge in [0, 0.05) is 18.1 Å². The molecule has 0 unspecified atom stereocenters. The van der Waals surface area contributed by atoms with Gasteiger partial charge < -0.3 is 19.5 Å². The van der Waals surface area contributed by atoms with E-state index in [1.54, 1.807) is 21.3 Å². The lowest BCUT2D eigenvalue weighted by molar-refractivity contribution is -0.140. The number of nitrogens with zero attached hydrogens (tertiary/aromatic N) is 1. The van der Waals surface area contributed by atoms with E-state index in [0.29, 0.717) is 29.5 Å². The molecule has 2 heterocycles. The molecule has 0 saturated carbocycles. The maximum absolute atomic E-state index is 12.7. The van der Waals surface area contributed by atoms with Crippen LogP contribution in [0.5, 0.6) is 11.5 Å². The number of thiazole rings is 1. The second kappa shape index (κ2) is 8.03. The Labute approximate surface area is 156 Å². The molecule has 3 rings (SSSR count). The number of carbonyl (C=O) groups is 1. The summed E-state index contributed by atoms with van der Waals surface area (Å²) in [6, 6.07) is 5.61. The Hall–Kier alpha value is -2.16. The van der Waals surface area contributed by atoms with Crippen LogP contribution in [0.2, 0.25) is 0 Å². The van der Waals surface area contributed by atoms with E-state index in [4.69, 9.17) is 14.2 Å². The molecule has 1 fully saturated rings. The molecule has 1 aromatic heterocycles. The Kier molecular flexibility index (Phi) is 5.75. The van der Waals surface area contributed by atoms with Crippen LogP contribution in [0.1, 0.15) is 12.8 Å². The van der Waals surface area contributed by atoms with Crippen LogP contribution in [0.15, 0.2) is 23.6 Å². The van der Waals surface area contributed by atoms with Crippen molar-refractivity contribution in [2.75, 3.05) is 39.7 Å². The molecular formula is C18H23N3O4S. The van der Waals surface area contributed by atoms with Gasteiger partial charge in [0.15, 0.2) is 16.6 Å². The predicted octanol–water partition coefficient (Wildman–Crippen LogP) is 2.53. The summed E-state index contributed by atoms with van der Waals surface area (Å²) in [5.74, 6) is 1.15. The van der Waals surface area contributed by atoms with Crippen LogP contribution in [0.4, 0.5) is 5.13 Å². The number of ether oxygens (including phenoxy) is 3. The Balaban J connectivity index is 1.76. The Bertz CT molecular complexity index is 772. The minimum atomic E-state index is -0.791. The third-order valence-corrected chi connectivity index (χ3v) is 5.38. The molecule has 1 amide bonds. The van der Waals surface area contributed by atoms with E-state index in [0.717, 1.165) is 24.3 Å². The molecule has 0 spiro atoms. The molecule has 0 radical (unpaired) electrons. The molecule has 26 heavy (non-hydrogen) atoms. The van der Waals surface area contributed by atoms with E-state index in [-0.39, 0.29) is 5.91 Å². The van der Waals surface area contributed by atoms with Gasteiger partial charge in [0.1, 0.15) is 5.60 Å². The monoisotopic (exact) mass is 377 g/mol. The first-order valence-electron chi connectivity index (χ1n) is 8.37. The van der Waals surface area contributed by atoms with Crippen LogP contribution in [-0.4, -0.2) is 50.9 Å². The lowest BCUT2D eigenvalue weighted by Gasteiger charge is -2.34. The molecule has 1 aromatic carbocycles. The van der Waals surface area contributed by atoms with E-state index < -0.39 is 5.60 Å². The van der Waals surface area contributed by atoms with E-state index in [1.165, 1.54) is 11.3 Å². The Morgan fingerprint density at radius 1 is 1.19 bits per heavy atom. The third-order valence-electron chi connectivity index (χ3n) is 4.62. The molecular weight excluding hydrogens is 354 g/mol. The molecule has 1 saturated heterocycles. The number of anilines is 1. The van der Waals surface area contributed by atoms with Gasteiger partial charge in [-0.3, -0.25) is 10.1 Å². The Morgan fingerprint density at radius 3 is 2.58 bits per heavy atom. The van der Waals surface area contributed by atoms with Crippen molar-refractivity contribution in [1.29, 1.82) is 0 Å². The highest BCUT2D eigenvalue weighted by molar-refractivity contribution is 7.14. The third kappa shape index (κ3) is 3.67. The SMILES string of the molecule is COc1ccc(-c2csc(NC(=O)C3(OC)CCNCC3)n2)cc1OC. The second-order valence-corrected chi connectivity index (χ2v) is 6.87. The van der Waals surface area contributed by atoms with E-state index >= 15 is 0 Å². The van der Waals surface area contributed by atoms with Crippen molar-refractivity contribution >= 4 is 22.4 Å². The number of nitrogens with one attached hydrogen (secondary N) is 2. The zero-order valence-electron chi connectivity index (χ0n) is 15.1. The second-order valence-electron chi connectivity index (χ2n) is 6.01. The molecule has 0 aliphatic carbocycles. The molecule has 140 valence electrons. The summed E-state index contributed by atoms with van der Waals surface area (Å²) in [5, 5.41) is 8.60. The fourth-order valence-corrected chi connectivity index (χ4v) is 3.74. The maximum Gasteiger partial charge on any atom is 0.258 e. The van der Waals surface area contributed by atoms with Crippen LogP contribution in [0.25, 0.3) is 11.3 Å². The summed E-state index contributed by atoms with van der Waals surface area (Å²) < 4.78 is 16.1. The van der Waals surface area contributed by atoms with Gasteiger partial charge in [-0.05, 0) is 44.1 Å². The number of rotatable bonds is 6. The predicted molar refractivity (Wildman–Crippen MR) is 101 cm³/mol. The fraction of sp³-hybridized carbons (Fsp3) is 0.444. The van der Waals surface area contributed by atoms with E-state index in [2.05, 4.69) is 15.6 Å². The lowest BCUT2D eigenvalue weighted by Crippen LogP contribution is -2.51. The summed E-state index contributed by atoms with van der Waals surface area (Å²) in [7, 11) is 4.78. The number of hydrogen-bond acceptors (Lipinski definition) is 7. The topological polar surface area (TPSA) is 81.7 Å². The highest BCUT2D eigenvalue weighted by Gasteiger charge is 2.40. The summed E-state index contributed by atoms with van der Waals surface area (Å²) >= 11 is 1.38. The normalized spacial score (nSPS) is 16.1. The average Bonchev–Trinajstić information content (AvgIpc) is 3.16. The summed E-state index contributed by atoms with van der Waals surface area (Å²) in [6.45, 7) is 1.52.